The molecule has 0 aromatic carbocycles. The van der Waals surface area contributed by atoms with E-state index >= 15 is 0 Å². The highest BCUT2D eigenvalue weighted by atomic mass is 15.1. The minimum absolute atomic E-state index is 0.0141. The summed E-state index contributed by atoms with van der Waals surface area (Å²) in [5.41, 5.74) is 0. The molecule has 0 radical (unpaired) electrons. The van der Waals surface area contributed by atoms with Crippen LogP contribution in [0.3, 0.4) is 0 Å². The van der Waals surface area contributed by atoms with Crippen LogP contribution in [0.15, 0.2) is 0 Å². The molecular weight excluding hydrogens is 210 g/mol. The van der Waals surface area contributed by atoms with Crippen molar-refractivity contribution in [2.45, 2.75) is 58.5 Å². The first kappa shape index (κ1) is 14.5. The Kier molecular flexibility index (Phi) is 6.54. The number of nitrogens with one attached hydrogen (secondary N) is 1. The van der Waals surface area contributed by atoms with E-state index in [9.17, 15) is 0 Å². The lowest BCUT2D eigenvalue weighted by molar-refractivity contribution is 0.303. The average molecular weight is 237 g/mol. The van der Waals surface area contributed by atoms with Crippen LogP contribution in [-0.2, 0) is 0 Å². The summed E-state index contributed by atoms with van der Waals surface area (Å²) in [6, 6.07) is 2.76. The zero-order valence-electron chi connectivity index (χ0n) is 11.6. The van der Waals surface area contributed by atoms with Crippen LogP contribution in [0.2, 0.25) is 0 Å². The highest BCUT2D eigenvalue weighted by Gasteiger charge is 2.22. The van der Waals surface area contributed by atoms with Gasteiger partial charge in [0.25, 0.3) is 0 Å². The van der Waals surface area contributed by atoms with Crippen molar-refractivity contribution in [2.24, 2.45) is 5.92 Å². The van der Waals surface area contributed by atoms with Crippen LogP contribution < -0.4 is 5.32 Å². The predicted octanol–water partition coefficient (Wildman–Crippen LogP) is 2.39. The second-order valence-electron chi connectivity index (χ2n) is 5.54. The zero-order chi connectivity index (χ0) is 12.7. The number of rotatable bonds is 7. The van der Waals surface area contributed by atoms with Crippen molar-refractivity contribution >= 4 is 0 Å². The summed E-state index contributed by atoms with van der Waals surface area (Å²) in [5, 5.41) is 12.4. The molecule has 1 fully saturated rings. The molecule has 0 aromatic rings. The van der Waals surface area contributed by atoms with Gasteiger partial charge in [-0.1, -0.05) is 13.3 Å². The molecule has 0 bridgehead atoms. The third kappa shape index (κ3) is 5.52. The topological polar surface area (TPSA) is 39.1 Å². The Hall–Kier alpha value is -0.590. The van der Waals surface area contributed by atoms with Gasteiger partial charge in [0, 0.05) is 19.1 Å². The Labute approximate surface area is 106 Å². The van der Waals surface area contributed by atoms with Gasteiger partial charge in [-0.05, 0) is 45.6 Å². The van der Waals surface area contributed by atoms with Gasteiger partial charge in [0.05, 0.1) is 12.1 Å². The van der Waals surface area contributed by atoms with E-state index in [1.165, 1.54) is 32.4 Å². The molecule has 0 amide bonds. The van der Waals surface area contributed by atoms with Crippen molar-refractivity contribution in [2.75, 3.05) is 19.6 Å². The van der Waals surface area contributed by atoms with Crippen LogP contribution >= 0.6 is 0 Å². The summed E-state index contributed by atoms with van der Waals surface area (Å²) < 4.78 is 0. The molecule has 1 saturated heterocycles. The fraction of sp³-hybridized carbons (Fsp3) is 0.929. The van der Waals surface area contributed by atoms with E-state index in [1.54, 1.807) is 0 Å². The summed E-state index contributed by atoms with van der Waals surface area (Å²) in [6.45, 7) is 9.99. The first-order valence-corrected chi connectivity index (χ1v) is 7.03. The van der Waals surface area contributed by atoms with Crippen LogP contribution in [-0.4, -0.2) is 36.6 Å². The van der Waals surface area contributed by atoms with E-state index in [4.69, 9.17) is 5.26 Å². The molecule has 0 spiro atoms. The van der Waals surface area contributed by atoms with Gasteiger partial charge in [-0.15, -0.1) is 0 Å². The lowest BCUT2D eigenvalue weighted by atomic mass is 10.0. The smallest absolute Gasteiger partial charge is 0.0967 e. The molecule has 1 heterocycles. The van der Waals surface area contributed by atoms with E-state index in [0.717, 1.165) is 18.9 Å². The molecule has 2 atom stereocenters. The van der Waals surface area contributed by atoms with Crippen LogP contribution in [0.1, 0.15) is 46.5 Å². The Morgan fingerprint density at radius 2 is 2.24 bits per heavy atom. The number of likely N-dealkylation sites (tertiary alicyclic amines) is 1. The van der Waals surface area contributed by atoms with Crippen molar-refractivity contribution in [1.29, 1.82) is 5.26 Å². The summed E-state index contributed by atoms with van der Waals surface area (Å²) in [4.78, 5) is 2.52. The van der Waals surface area contributed by atoms with Crippen molar-refractivity contribution in [3.8, 4) is 6.07 Å². The minimum Gasteiger partial charge on any atom is -0.303 e. The van der Waals surface area contributed by atoms with Crippen LogP contribution in [0.4, 0.5) is 0 Å². The van der Waals surface area contributed by atoms with Crippen molar-refractivity contribution in [1.82, 2.24) is 10.2 Å². The third-order valence-corrected chi connectivity index (χ3v) is 3.49. The van der Waals surface area contributed by atoms with Gasteiger partial charge < -0.3 is 4.90 Å². The fourth-order valence-corrected chi connectivity index (χ4v) is 2.66. The first-order chi connectivity index (χ1) is 8.15. The molecule has 1 rings (SSSR count). The average Bonchev–Trinajstić information content (AvgIpc) is 2.72. The lowest BCUT2D eigenvalue weighted by Crippen LogP contribution is -2.36. The molecule has 3 nitrogen and oxygen atoms in total. The molecule has 1 N–H and O–H groups in total. The standard InChI is InChI=1S/C14H27N3/c1-4-5-13-6-8-17(11-13)9-7-14(10-15)16-12(2)3/h12-14,16H,4-9,11H2,1-3H3. The highest BCUT2D eigenvalue weighted by Crippen LogP contribution is 2.20. The Morgan fingerprint density at radius 1 is 1.47 bits per heavy atom. The van der Waals surface area contributed by atoms with E-state index in [1.807, 2.05) is 0 Å². The summed E-state index contributed by atoms with van der Waals surface area (Å²) in [7, 11) is 0. The van der Waals surface area contributed by atoms with Gasteiger partial charge in [0.15, 0.2) is 0 Å². The van der Waals surface area contributed by atoms with E-state index in [2.05, 4.69) is 37.1 Å². The molecule has 1 aliphatic rings. The minimum atomic E-state index is 0.0141. The monoisotopic (exact) mass is 237 g/mol. The number of hydrogen-bond acceptors (Lipinski definition) is 3. The van der Waals surface area contributed by atoms with Gasteiger partial charge >= 0.3 is 0 Å². The maximum absolute atomic E-state index is 9.05. The summed E-state index contributed by atoms with van der Waals surface area (Å²) in [6.07, 6.45) is 4.97. The van der Waals surface area contributed by atoms with Gasteiger partial charge in [-0.25, -0.2) is 0 Å². The summed E-state index contributed by atoms with van der Waals surface area (Å²) in [5.74, 6) is 0.901. The Bertz CT molecular complexity index is 244. The number of nitriles is 1. The second-order valence-corrected chi connectivity index (χ2v) is 5.54. The molecule has 0 aromatic heterocycles. The SMILES string of the molecule is CCCC1CCN(CCC(C#N)NC(C)C)C1. The van der Waals surface area contributed by atoms with Crippen molar-refractivity contribution < 1.29 is 0 Å². The van der Waals surface area contributed by atoms with Gasteiger partial charge in [-0.3, -0.25) is 5.32 Å². The molecule has 17 heavy (non-hydrogen) atoms. The molecular formula is C14H27N3. The van der Waals surface area contributed by atoms with Gasteiger partial charge in [-0.2, -0.15) is 5.26 Å². The predicted molar refractivity (Wildman–Crippen MR) is 71.7 cm³/mol. The highest BCUT2D eigenvalue weighted by molar-refractivity contribution is 4.91. The van der Waals surface area contributed by atoms with Crippen molar-refractivity contribution in [3.63, 3.8) is 0 Å². The number of hydrogen-bond donors (Lipinski definition) is 1. The lowest BCUT2D eigenvalue weighted by Gasteiger charge is -2.19. The van der Waals surface area contributed by atoms with Gasteiger partial charge in [0.1, 0.15) is 0 Å². The molecule has 98 valence electrons. The van der Waals surface area contributed by atoms with E-state index in [0.29, 0.717) is 6.04 Å². The maximum atomic E-state index is 9.05. The van der Waals surface area contributed by atoms with E-state index < -0.39 is 0 Å². The largest absolute Gasteiger partial charge is 0.303 e. The van der Waals surface area contributed by atoms with Crippen LogP contribution in [0.25, 0.3) is 0 Å². The molecule has 2 unspecified atom stereocenters. The maximum Gasteiger partial charge on any atom is 0.0967 e. The zero-order valence-corrected chi connectivity index (χ0v) is 11.6. The van der Waals surface area contributed by atoms with Crippen LogP contribution in [0.5, 0.6) is 0 Å². The molecule has 1 aliphatic heterocycles. The molecule has 3 heteroatoms. The Balaban J connectivity index is 2.20. The summed E-state index contributed by atoms with van der Waals surface area (Å²) >= 11 is 0. The Morgan fingerprint density at radius 3 is 2.82 bits per heavy atom. The van der Waals surface area contributed by atoms with Gasteiger partial charge in [0.2, 0.25) is 0 Å². The number of nitrogens with zero attached hydrogens (tertiary/aromatic N) is 2. The van der Waals surface area contributed by atoms with Crippen molar-refractivity contribution in [3.05, 3.63) is 0 Å². The second kappa shape index (κ2) is 7.68. The van der Waals surface area contributed by atoms with E-state index in [-0.39, 0.29) is 6.04 Å². The molecule has 0 aliphatic carbocycles. The first-order valence-electron chi connectivity index (χ1n) is 7.03. The quantitative estimate of drug-likeness (QED) is 0.739. The van der Waals surface area contributed by atoms with Crippen LogP contribution in [0, 0.1) is 17.2 Å². The fourth-order valence-electron chi connectivity index (χ4n) is 2.66. The molecule has 0 saturated carbocycles. The normalized spacial score (nSPS) is 22.9. The third-order valence-electron chi connectivity index (χ3n) is 3.49.